The zero-order valence-corrected chi connectivity index (χ0v) is 19.2. The third-order valence-corrected chi connectivity index (χ3v) is 5.72. The SMILES string of the molecule is Cc1cccc(C)c1NC(=O)CN(C)C(=O)c1c(C)nn(Cc2ccccc2Cl)c1C. The lowest BCUT2D eigenvalue weighted by Crippen LogP contribution is -2.35. The van der Waals surface area contributed by atoms with Gasteiger partial charge in [0.05, 0.1) is 24.3 Å². The molecule has 0 spiro atoms. The fourth-order valence-electron chi connectivity index (χ4n) is 3.62. The Labute approximate surface area is 187 Å². The number of nitrogens with zero attached hydrogens (tertiary/aromatic N) is 3. The lowest BCUT2D eigenvalue weighted by atomic mass is 10.1. The van der Waals surface area contributed by atoms with E-state index < -0.39 is 0 Å². The highest BCUT2D eigenvalue weighted by Crippen LogP contribution is 2.21. The van der Waals surface area contributed by atoms with Crippen LogP contribution in [0.1, 0.15) is 38.4 Å². The fourth-order valence-corrected chi connectivity index (χ4v) is 3.81. The average molecular weight is 439 g/mol. The maximum absolute atomic E-state index is 13.1. The summed E-state index contributed by atoms with van der Waals surface area (Å²) >= 11 is 6.27. The largest absolute Gasteiger partial charge is 0.332 e. The number of halogens is 1. The first-order valence-electron chi connectivity index (χ1n) is 10.1. The standard InChI is InChI=1S/C24H27ClN4O2/c1-15-9-8-10-16(2)23(15)26-21(30)14-28(5)24(31)22-17(3)27-29(18(22)4)13-19-11-6-7-12-20(19)25/h6-12H,13-14H2,1-5H3,(H,26,30). The lowest BCUT2D eigenvalue weighted by molar-refractivity contribution is -0.116. The van der Waals surface area contributed by atoms with Crippen molar-refractivity contribution < 1.29 is 9.59 Å². The van der Waals surface area contributed by atoms with Gasteiger partial charge >= 0.3 is 0 Å². The number of para-hydroxylation sites is 1. The predicted octanol–water partition coefficient (Wildman–Crippen LogP) is 4.53. The van der Waals surface area contributed by atoms with Gasteiger partial charge < -0.3 is 10.2 Å². The van der Waals surface area contributed by atoms with Crippen molar-refractivity contribution in [3.05, 3.63) is 81.1 Å². The third-order valence-electron chi connectivity index (χ3n) is 5.35. The highest BCUT2D eigenvalue weighted by molar-refractivity contribution is 6.31. The van der Waals surface area contributed by atoms with Crippen molar-refractivity contribution in [2.75, 3.05) is 18.9 Å². The molecule has 0 unspecified atom stereocenters. The van der Waals surface area contributed by atoms with Gasteiger partial charge in [0.15, 0.2) is 0 Å². The van der Waals surface area contributed by atoms with Crippen molar-refractivity contribution in [2.45, 2.75) is 34.2 Å². The van der Waals surface area contributed by atoms with E-state index in [1.807, 2.05) is 63.2 Å². The molecule has 6 nitrogen and oxygen atoms in total. The number of carbonyl (C=O) groups is 2. The average Bonchev–Trinajstić information content (AvgIpc) is 2.99. The van der Waals surface area contributed by atoms with E-state index in [1.165, 1.54) is 4.90 Å². The van der Waals surface area contributed by atoms with Gasteiger partial charge in [0, 0.05) is 23.5 Å². The smallest absolute Gasteiger partial charge is 0.257 e. The minimum Gasteiger partial charge on any atom is -0.332 e. The van der Waals surface area contributed by atoms with Crippen molar-refractivity contribution in [1.82, 2.24) is 14.7 Å². The Bertz CT molecular complexity index is 1120. The molecule has 1 N–H and O–H groups in total. The van der Waals surface area contributed by atoms with Crippen LogP contribution >= 0.6 is 11.6 Å². The Morgan fingerprint density at radius 2 is 1.68 bits per heavy atom. The van der Waals surface area contributed by atoms with Gasteiger partial charge in [-0.1, -0.05) is 48.0 Å². The van der Waals surface area contributed by atoms with Gasteiger partial charge in [0.25, 0.3) is 5.91 Å². The molecule has 0 radical (unpaired) electrons. The molecule has 162 valence electrons. The van der Waals surface area contributed by atoms with Gasteiger partial charge in [-0.25, -0.2) is 0 Å². The number of amides is 2. The van der Waals surface area contributed by atoms with Crippen LogP contribution in [0.5, 0.6) is 0 Å². The van der Waals surface area contributed by atoms with E-state index in [4.69, 9.17) is 11.6 Å². The van der Waals surface area contributed by atoms with Crippen LogP contribution in [0, 0.1) is 27.7 Å². The first-order valence-corrected chi connectivity index (χ1v) is 10.5. The molecule has 3 aromatic rings. The molecule has 3 rings (SSSR count). The molecule has 0 atom stereocenters. The Kier molecular flexibility index (Phi) is 6.81. The van der Waals surface area contributed by atoms with Crippen LogP contribution in [-0.2, 0) is 11.3 Å². The van der Waals surface area contributed by atoms with E-state index in [2.05, 4.69) is 10.4 Å². The van der Waals surface area contributed by atoms with Crippen LogP contribution < -0.4 is 5.32 Å². The second kappa shape index (κ2) is 9.35. The second-order valence-corrected chi connectivity index (χ2v) is 8.18. The summed E-state index contributed by atoms with van der Waals surface area (Å²) in [5.41, 5.74) is 5.54. The molecule has 0 fully saturated rings. The highest BCUT2D eigenvalue weighted by Gasteiger charge is 2.23. The molecule has 1 heterocycles. The van der Waals surface area contributed by atoms with E-state index >= 15 is 0 Å². The molecule has 0 saturated heterocycles. The predicted molar refractivity (Wildman–Crippen MR) is 124 cm³/mol. The van der Waals surface area contributed by atoms with Crippen LogP contribution in [-0.4, -0.2) is 40.1 Å². The quantitative estimate of drug-likeness (QED) is 0.614. The Morgan fingerprint density at radius 3 is 2.32 bits per heavy atom. The zero-order valence-electron chi connectivity index (χ0n) is 18.5. The van der Waals surface area contributed by atoms with Crippen LogP contribution in [0.25, 0.3) is 0 Å². The number of anilines is 1. The number of nitrogens with one attached hydrogen (secondary N) is 1. The Morgan fingerprint density at radius 1 is 1.03 bits per heavy atom. The highest BCUT2D eigenvalue weighted by atomic mass is 35.5. The summed E-state index contributed by atoms with van der Waals surface area (Å²) in [6.07, 6.45) is 0. The summed E-state index contributed by atoms with van der Waals surface area (Å²) in [5, 5.41) is 8.11. The van der Waals surface area contributed by atoms with Gasteiger partial charge in [0.1, 0.15) is 0 Å². The van der Waals surface area contributed by atoms with Crippen molar-refractivity contribution in [2.24, 2.45) is 0 Å². The Balaban J connectivity index is 1.74. The summed E-state index contributed by atoms with van der Waals surface area (Å²) in [7, 11) is 1.62. The molecule has 1 aromatic heterocycles. The number of benzene rings is 2. The molecular formula is C24H27ClN4O2. The minimum absolute atomic E-state index is 0.0544. The number of carbonyl (C=O) groups excluding carboxylic acids is 2. The molecule has 0 aliphatic carbocycles. The summed E-state index contributed by atoms with van der Waals surface area (Å²) in [6, 6.07) is 13.4. The van der Waals surface area contributed by atoms with Crippen LogP contribution in [0.15, 0.2) is 42.5 Å². The number of aromatic nitrogens is 2. The number of hydrogen-bond acceptors (Lipinski definition) is 3. The molecule has 2 amide bonds. The maximum atomic E-state index is 13.1. The van der Waals surface area contributed by atoms with E-state index in [0.717, 1.165) is 28.1 Å². The van der Waals surface area contributed by atoms with Crippen LogP contribution in [0.4, 0.5) is 5.69 Å². The van der Waals surface area contributed by atoms with Gasteiger partial charge in [-0.05, 0) is 50.5 Å². The van der Waals surface area contributed by atoms with Gasteiger partial charge in [-0.15, -0.1) is 0 Å². The van der Waals surface area contributed by atoms with E-state index in [1.54, 1.807) is 18.7 Å². The number of likely N-dealkylation sites (N-methyl/N-ethyl adjacent to an activating group) is 1. The monoisotopic (exact) mass is 438 g/mol. The normalized spacial score (nSPS) is 10.8. The van der Waals surface area contributed by atoms with Crippen molar-refractivity contribution >= 4 is 29.1 Å². The number of aryl methyl sites for hydroxylation is 3. The van der Waals surface area contributed by atoms with E-state index in [-0.39, 0.29) is 18.4 Å². The summed E-state index contributed by atoms with van der Waals surface area (Å²) in [4.78, 5) is 27.1. The van der Waals surface area contributed by atoms with Gasteiger partial charge in [0.2, 0.25) is 5.91 Å². The second-order valence-electron chi connectivity index (χ2n) is 7.77. The lowest BCUT2D eigenvalue weighted by Gasteiger charge is -2.18. The van der Waals surface area contributed by atoms with Gasteiger partial charge in [-0.3, -0.25) is 14.3 Å². The first kappa shape index (κ1) is 22.6. The molecule has 0 saturated carbocycles. The molecular weight excluding hydrogens is 412 g/mol. The first-order chi connectivity index (χ1) is 14.7. The van der Waals surface area contributed by atoms with Crippen molar-refractivity contribution in [1.29, 1.82) is 0 Å². The van der Waals surface area contributed by atoms with Crippen LogP contribution in [0.3, 0.4) is 0 Å². The van der Waals surface area contributed by atoms with Gasteiger partial charge in [-0.2, -0.15) is 5.10 Å². The summed E-state index contributed by atoms with van der Waals surface area (Å²) < 4.78 is 1.77. The Hall–Kier alpha value is -3.12. The number of hydrogen-bond donors (Lipinski definition) is 1. The molecule has 0 aliphatic heterocycles. The molecule has 2 aromatic carbocycles. The van der Waals surface area contributed by atoms with E-state index in [0.29, 0.717) is 22.8 Å². The molecule has 7 heteroatoms. The molecule has 0 bridgehead atoms. The summed E-state index contributed by atoms with van der Waals surface area (Å²) in [5.74, 6) is -0.482. The molecule has 0 aliphatic rings. The number of rotatable bonds is 6. The van der Waals surface area contributed by atoms with E-state index in [9.17, 15) is 9.59 Å². The minimum atomic E-state index is -0.244. The topological polar surface area (TPSA) is 67.2 Å². The van der Waals surface area contributed by atoms with Crippen molar-refractivity contribution in [3.63, 3.8) is 0 Å². The van der Waals surface area contributed by atoms with Crippen molar-refractivity contribution in [3.8, 4) is 0 Å². The fraction of sp³-hybridized carbons (Fsp3) is 0.292. The van der Waals surface area contributed by atoms with Crippen LogP contribution in [0.2, 0.25) is 5.02 Å². The third kappa shape index (κ3) is 4.97. The zero-order chi connectivity index (χ0) is 22.7. The summed E-state index contributed by atoms with van der Waals surface area (Å²) in [6.45, 7) is 7.95. The molecule has 31 heavy (non-hydrogen) atoms. The maximum Gasteiger partial charge on any atom is 0.257 e.